The first-order valence-electron chi connectivity index (χ1n) is 11.7. The molecule has 0 radical (unpaired) electrons. The number of anilines is 2. The van der Waals surface area contributed by atoms with Gasteiger partial charge in [-0.2, -0.15) is 0 Å². The Labute approximate surface area is 197 Å². The third-order valence-corrected chi connectivity index (χ3v) is 7.43. The summed E-state index contributed by atoms with van der Waals surface area (Å²) in [6.45, 7) is 0. The maximum atomic E-state index is 13.6. The van der Waals surface area contributed by atoms with E-state index in [1.54, 1.807) is 0 Å². The number of nitrogens with one attached hydrogen (secondary N) is 4. The van der Waals surface area contributed by atoms with Gasteiger partial charge in [-0.25, -0.2) is 9.82 Å². The SMILES string of the molecule is COc1cc(NC(=O)C2(C(=O)Nc3ccc(C4CCCC5NNC(N)C54)cc3)CC2)ccc1F. The molecule has 6 N–H and O–H groups in total. The van der Waals surface area contributed by atoms with Crippen molar-refractivity contribution in [2.24, 2.45) is 17.1 Å². The van der Waals surface area contributed by atoms with Crippen molar-refractivity contribution in [3.63, 3.8) is 0 Å². The average molecular weight is 468 g/mol. The molecule has 2 aromatic carbocycles. The summed E-state index contributed by atoms with van der Waals surface area (Å²) in [4.78, 5) is 25.9. The topological polar surface area (TPSA) is 118 Å². The van der Waals surface area contributed by atoms with Crippen LogP contribution in [0.2, 0.25) is 0 Å². The number of carbonyl (C=O) groups excluding carboxylic acids is 2. The quantitative estimate of drug-likeness (QED) is 0.417. The molecule has 4 unspecified atom stereocenters. The van der Waals surface area contributed by atoms with Gasteiger partial charge >= 0.3 is 0 Å². The van der Waals surface area contributed by atoms with Crippen molar-refractivity contribution >= 4 is 23.2 Å². The molecule has 1 heterocycles. The highest BCUT2D eigenvalue weighted by Gasteiger charge is 2.56. The van der Waals surface area contributed by atoms with Crippen molar-refractivity contribution in [1.82, 2.24) is 10.9 Å². The largest absolute Gasteiger partial charge is 0.494 e. The maximum Gasteiger partial charge on any atom is 0.240 e. The molecule has 0 bridgehead atoms. The van der Waals surface area contributed by atoms with Gasteiger partial charge in [-0.3, -0.25) is 15.0 Å². The molecule has 1 saturated heterocycles. The Kier molecular flexibility index (Phi) is 6.01. The van der Waals surface area contributed by atoms with E-state index in [1.807, 2.05) is 24.3 Å². The Balaban J connectivity index is 1.24. The Morgan fingerprint density at radius 3 is 2.38 bits per heavy atom. The molecule has 3 fully saturated rings. The smallest absolute Gasteiger partial charge is 0.240 e. The first-order chi connectivity index (χ1) is 16.4. The summed E-state index contributed by atoms with van der Waals surface area (Å²) in [5.41, 5.74) is 13.9. The molecule has 5 rings (SSSR count). The highest BCUT2D eigenvalue weighted by atomic mass is 19.1. The highest BCUT2D eigenvalue weighted by molar-refractivity contribution is 6.16. The lowest BCUT2D eigenvalue weighted by Gasteiger charge is -2.34. The van der Waals surface area contributed by atoms with Gasteiger partial charge in [0.2, 0.25) is 11.8 Å². The van der Waals surface area contributed by atoms with Crippen molar-refractivity contribution in [2.45, 2.75) is 50.2 Å². The fourth-order valence-electron chi connectivity index (χ4n) is 5.32. The predicted octanol–water partition coefficient (Wildman–Crippen LogP) is 2.84. The van der Waals surface area contributed by atoms with E-state index in [2.05, 4.69) is 21.5 Å². The molecule has 9 heteroatoms. The molecule has 0 spiro atoms. The second kappa shape index (κ2) is 8.98. The van der Waals surface area contributed by atoms with E-state index in [0.29, 0.717) is 42.1 Å². The Hall–Kier alpha value is -3.01. The van der Waals surface area contributed by atoms with Crippen LogP contribution < -0.4 is 32.0 Å². The number of methoxy groups -OCH3 is 1. The number of hydrogen-bond donors (Lipinski definition) is 5. The van der Waals surface area contributed by atoms with Crippen molar-refractivity contribution in [3.05, 3.63) is 53.8 Å². The van der Waals surface area contributed by atoms with Crippen LogP contribution in [0.15, 0.2) is 42.5 Å². The number of rotatable bonds is 6. The fourth-order valence-corrected chi connectivity index (χ4v) is 5.32. The lowest BCUT2D eigenvalue weighted by atomic mass is 9.72. The minimum absolute atomic E-state index is 0.0293. The number of hydrogen-bond acceptors (Lipinski definition) is 6. The molecular weight excluding hydrogens is 437 g/mol. The van der Waals surface area contributed by atoms with Gasteiger partial charge in [0, 0.05) is 29.4 Å². The van der Waals surface area contributed by atoms with Gasteiger partial charge < -0.3 is 21.1 Å². The summed E-state index contributed by atoms with van der Waals surface area (Å²) in [5.74, 6) is -0.544. The summed E-state index contributed by atoms with van der Waals surface area (Å²) in [7, 11) is 1.35. The van der Waals surface area contributed by atoms with E-state index in [4.69, 9.17) is 10.5 Å². The van der Waals surface area contributed by atoms with Gasteiger partial charge in [-0.15, -0.1) is 0 Å². The van der Waals surface area contributed by atoms with Crippen LogP contribution in [0.5, 0.6) is 5.75 Å². The number of halogens is 1. The first kappa shape index (κ1) is 22.8. The van der Waals surface area contributed by atoms with Crippen LogP contribution in [0, 0.1) is 17.2 Å². The Morgan fingerprint density at radius 1 is 1.03 bits per heavy atom. The van der Waals surface area contributed by atoms with Gasteiger partial charge in [-0.05, 0) is 61.4 Å². The Bertz CT molecular complexity index is 1090. The number of benzene rings is 2. The second-order valence-electron chi connectivity index (χ2n) is 9.50. The molecule has 1 aliphatic heterocycles. The zero-order valence-electron chi connectivity index (χ0n) is 19.1. The third-order valence-electron chi connectivity index (χ3n) is 7.43. The van der Waals surface area contributed by atoms with Crippen LogP contribution in [-0.2, 0) is 9.59 Å². The van der Waals surface area contributed by atoms with E-state index in [1.165, 1.54) is 30.9 Å². The lowest BCUT2D eigenvalue weighted by Crippen LogP contribution is -2.41. The van der Waals surface area contributed by atoms with Crippen LogP contribution in [0.3, 0.4) is 0 Å². The fraction of sp³-hybridized carbons (Fsp3) is 0.440. The molecule has 0 aromatic heterocycles. The molecule has 34 heavy (non-hydrogen) atoms. The third kappa shape index (κ3) is 4.15. The van der Waals surface area contributed by atoms with Crippen LogP contribution >= 0.6 is 0 Å². The van der Waals surface area contributed by atoms with Gasteiger partial charge in [0.05, 0.1) is 13.3 Å². The number of hydrazine groups is 1. The number of carbonyl (C=O) groups is 2. The summed E-state index contributed by atoms with van der Waals surface area (Å²) in [6, 6.07) is 12.3. The number of amides is 2. The monoisotopic (exact) mass is 467 g/mol. The molecule has 4 atom stereocenters. The zero-order chi connectivity index (χ0) is 23.9. The highest BCUT2D eigenvalue weighted by Crippen LogP contribution is 2.48. The molecule has 2 aromatic rings. The average Bonchev–Trinajstić information content (AvgIpc) is 3.58. The Morgan fingerprint density at radius 2 is 1.71 bits per heavy atom. The van der Waals surface area contributed by atoms with E-state index < -0.39 is 17.1 Å². The summed E-state index contributed by atoms with van der Waals surface area (Å²) in [5, 5.41) is 5.62. The van der Waals surface area contributed by atoms with Gasteiger partial charge in [-0.1, -0.05) is 18.6 Å². The molecule has 3 aliphatic rings. The van der Waals surface area contributed by atoms with Crippen LogP contribution in [0.1, 0.15) is 43.6 Å². The van der Waals surface area contributed by atoms with Gasteiger partial charge in [0.15, 0.2) is 11.6 Å². The van der Waals surface area contributed by atoms with Gasteiger partial charge in [0.25, 0.3) is 0 Å². The van der Waals surface area contributed by atoms with E-state index in [9.17, 15) is 14.0 Å². The standard InChI is InChI=1S/C25H30FN5O3/c1-34-20-13-16(9-10-18(20)26)29-24(33)25(11-12-25)23(32)28-15-7-5-14(6-8-15)17-3-2-4-19-21(17)22(27)31-30-19/h5-10,13,17,19,21-22,30-31H,2-4,11-12,27H2,1H3,(H,28,32)(H,29,33). The first-order valence-corrected chi connectivity index (χ1v) is 11.7. The number of fused-ring (bicyclic) bond motifs is 1. The molecule has 2 amide bonds. The zero-order valence-corrected chi connectivity index (χ0v) is 19.1. The second-order valence-corrected chi connectivity index (χ2v) is 9.50. The van der Waals surface area contributed by atoms with Crippen molar-refractivity contribution in [1.29, 1.82) is 0 Å². The number of ether oxygens (including phenoxy) is 1. The summed E-state index contributed by atoms with van der Waals surface area (Å²) in [6.07, 6.45) is 4.19. The summed E-state index contributed by atoms with van der Waals surface area (Å²) >= 11 is 0. The minimum atomic E-state index is -1.12. The molecule has 2 aliphatic carbocycles. The molecule has 2 saturated carbocycles. The normalized spacial score (nSPS) is 26.9. The summed E-state index contributed by atoms with van der Waals surface area (Å²) < 4.78 is 18.6. The minimum Gasteiger partial charge on any atom is -0.494 e. The maximum absolute atomic E-state index is 13.6. The van der Waals surface area contributed by atoms with Crippen molar-refractivity contribution in [3.8, 4) is 5.75 Å². The van der Waals surface area contributed by atoms with Crippen molar-refractivity contribution < 1.29 is 18.7 Å². The van der Waals surface area contributed by atoms with E-state index in [-0.39, 0.29) is 17.8 Å². The predicted molar refractivity (Wildman–Crippen MR) is 126 cm³/mol. The molecule has 180 valence electrons. The number of nitrogens with two attached hydrogens (primary N) is 1. The van der Waals surface area contributed by atoms with E-state index in [0.717, 1.165) is 19.3 Å². The van der Waals surface area contributed by atoms with Crippen molar-refractivity contribution in [2.75, 3.05) is 17.7 Å². The van der Waals surface area contributed by atoms with Crippen LogP contribution in [0.4, 0.5) is 15.8 Å². The molecular formula is C25H30FN5O3. The van der Waals surface area contributed by atoms with Crippen LogP contribution in [0.25, 0.3) is 0 Å². The molecule has 8 nitrogen and oxygen atoms in total. The van der Waals surface area contributed by atoms with E-state index >= 15 is 0 Å². The van der Waals surface area contributed by atoms with Crippen LogP contribution in [-0.4, -0.2) is 31.1 Å². The van der Waals surface area contributed by atoms with Gasteiger partial charge in [0.1, 0.15) is 5.41 Å². The lowest BCUT2D eigenvalue weighted by molar-refractivity contribution is -0.131.